The van der Waals surface area contributed by atoms with Crippen LogP contribution in [0.3, 0.4) is 0 Å². The van der Waals surface area contributed by atoms with Crippen LogP contribution < -0.4 is 11.1 Å². The molecule has 0 saturated carbocycles. The zero-order valence-electron chi connectivity index (χ0n) is 14.2. The maximum atomic E-state index is 12.0. The summed E-state index contributed by atoms with van der Waals surface area (Å²) in [5.41, 5.74) is 7.78. The number of benzene rings is 1. The van der Waals surface area contributed by atoms with E-state index in [0.717, 1.165) is 31.0 Å². The Kier molecular flexibility index (Phi) is 6.44. The Hall–Kier alpha value is -2.04. The lowest BCUT2D eigenvalue weighted by atomic mass is 10.00. The van der Waals surface area contributed by atoms with Crippen molar-refractivity contribution in [1.82, 2.24) is 10.2 Å². The summed E-state index contributed by atoms with van der Waals surface area (Å²) in [4.78, 5) is 18.6. The number of hydrogen-bond acceptors (Lipinski definition) is 2. The number of nitrogens with one attached hydrogen (secondary N) is 1. The predicted molar refractivity (Wildman–Crippen MR) is 94.4 cm³/mol. The number of amides is 1. The Morgan fingerprint density at radius 2 is 2.13 bits per heavy atom. The molecule has 5 nitrogen and oxygen atoms in total. The molecule has 1 aliphatic heterocycles. The van der Waals surface area contributed by atoms with E-state index in [0.29, 0.717) is 24.6 Å². The summed E-state index contributed by atoms with van der Waals surface area (Å²) in [6, 6.07) is 7.59. The van der Waals surface area contributed by atoms with Crippen molar-refractivity contribution in [2.45, 2.75) is 39.7 Å². The average Bonchev–Trinajstić information content (AvgIpc) is 2.58. The van der Waals surface area contributed by atoms with E-state index in [1.807, 2.05) is 31.2 Å². The van der Waals surface area contributed by atoms with Gasteiger partial charge >= 0.3 is 0 Å². The summed E-state index contributed by atoms with van der Waals surface area (Å²) >= 11 is 0. The molecule has 0 aliphatic carbocycles. The fraction of sp³-hybridized carbons (Fsp3) is 0.556. The molecular formula is C18H28N4O. The molecule has 1 aliphatic rings. The Morgan fingerprint density at radius 1 is 1.39 bits per heavy atom. The van der Waals surface area contributed by atoms with E-state index in [2.05, 4.69) is 22.1 Å². The number of aliphatic imine (C=N–C) groups is 1. The van der Waals surface area contributed by atoms with Gasteiger partial charge in [-0.05, 0) is 42.9 Å². The van der Waals surface area contributed by atoms with Crippen LogP contribution in [0, 0.1) is 5.92 Å². The van der Waals surface area contributed by atoms with Gasteiger partial charge in [0.1, 0.15) is 0 Å². The van der Waals surface area contributed by atoms with E-state index in [-0.39, 0.29) is 5.91 Å². The topological polar surface area (TPSA) is 70.7 Å². The van der Waals surface area contributed by atoms with Gasteiger partial charge in [0.2, 0.25) is 0 Å². The Bertz CT molecular complexity index is 548. The van der Waals surface area contributed by atoms with Crippen LogP contribution in [0.4, 0.5) is 0 Å². The SMILES string of the molecule is CCCNC(=O)c1cccc(CN=C(N)N2CCC(C)CC2)c1. The van der Waals surface area contributed by atoms with Crippen LogP contribution >= 0.6 is 0 Å². The molecule has 0 bridgehead atoms. The van der Waals surface area contributed by atoms with Gasteiger partial charge in [-0.1, -0.05) is 26.0 Å². The smallest absolute Gasteiger partial charge is 0.251 e. The summed E-state index contributed by atoms with van der Waals surface area (Å²) < 4.78 is 0. The van der Waals surface area contributed by atoms with E-state index in [1.54, 1.807) is 0 Å². The van der Waals surface area contributed by atoms with Crippen molar-refractivity contribution in [3.05, 3.63) is 35.4 Å². The molecule has 0 atom stereocenters. The molecule has 5 heteroatoms. The van der Waals surface area contributed by atoms with Crippen LogP contribution in [0.5, 0.6) is 0 Å². The van der Waals surface area contributed by atoms with Crippen molar-refractivity contribution < 1.29 is 4.79 Å². The number of likely N-dealkylation sites (tertiary alicyclic amines) is 1. The van der Waals surface area contributed by atoms with E-state index in [4.69, 9.17) is 5.73 Å². The van der Waals surface area contributed by atoms with Gasteiger partial charge in [0.15, 0.2) is 5.96 Å². The minimum atomic E-state index is -0.0318. The molecule has 0 radical (unpaired) electrons. The summed E-state index contributed by atoms with van der Waals surface area (Å²) in [5, 5.41) is 2.89. The second-order valence-corrected chi connectivity index (χ2v) is 6.30. The van der Waals surface area contributed by atoms with Crippen molar-refractivity contribution in [2.24, 2.45) is 16.6 Å². The monoisotopic (exact) mass is 316 g/mol. The van der Waals surface area contributed by atoms with Crippen LogP contribution in [-0.4, -0.2) is 36.4 Å². The molecule has 1 amide bonds. The third-order valence-electron chi connectivity index (χ3n) is 4.26. The second-order valence-electron chi connectivity index (χ2n) is 6.30. The van der Waals surface area contributed by atoms with Crippen LogP contribution in [0.1, 0.15) is 49.0 Å². The molecule has 0 unspecified atom stereocenters. The van der Waals surface area contributed by atoms with Crippen LogP contribution in [0.25, 0.3) is 0 Å². The lowest BCUT2D eigenvalue weighted by Gasteiger charge is -2.31. The first-order valence-electron chi connectivity index (χ1n) is 8.52. The van der Waals surface area contributed by atoms with E-state index >= 15 is 0 Å². The molecular weight excluding hydrogens is 288 g/mol. The molecule has 0 spiro atoms. The van der Waals surface area contributed by atoms with Gasteiger partial charge < -0.3 is 16.0 Å². The third-order valence-corrected chi connectivity index (χ3v) is 4.26. The molecule has 1 aromatic carbocycles. The molecule has 3 N–H and O–H groups in total. The molecule has 2 rings (SSSR count). The molecule has 1 saturated heterocycles. The second kappa shape index (κ2) is 8.56. The first kappa shape index (κ1) is 17.3. The van der Waals surface area contributed by atoms with Gasteiger partial charge in [0.25, 0.3) is 5.91 Å². The van der Waals surface area contributed by atoms with Crippen molar-refractivity contribution in [1.29, 1.82) is 0 Å². The van der Waals surface area contributed by atoms with Crippen molar-refractivity contribution >= 4 is 11.9 Å². The molecule has 126 valence electrons. The highest BCUT2D eigenvalue weighted by Crippen LogP contribution is 2.15. The zero-order valence-corrected chi connectivity index (χ0v) is 14.2. The van der Waals surface area contributed by atoms with Crippen LogP contribution in [0.15, 0.2) is 29.3 Å². The Labute approximate surface area is 139 Å². The summed E-state index contributed by atoms with van der Waals surface area (Å²) in [6.45, 7) is 7.48. The van der Waals surface area contributed by atoms with Crippen molar-refractivity contribution in [2.75, 3.05) is 19.6 Å². The fourth-order valence-electron chi connectivity index (χ4n) is 2.66. The van der Waals surface area contributed by atoms with Gasteiger partial charge in [-0.15, -0.1) is 0 Å². The average molecular weight is 316 g/mol. The first-order valence-corrected chi connectivity index (χ1v) is 8.52. The number of hydrogen-bond donors (Lipinski definition) is 2. The minimum absolute atomic E-state index is 0.0318. The number of carbonyl (C=O) groups is 1. The number of guanidine groups is 1. The van der Waals surface area contributed by atoms with E-state index in [1.165, 1.54) is 12.8 Å². The standard InChI is InChI=1S/C18H28N4O/c1-3-9-20-17(23)16-6-4-5-15(12-16)13-21-18(19)22-10-7-14(2)8-11-22/h4-6,12,14H,3,7-11,13H2,1-2H3,(H2,19,21)(H,20,23). The third kappa shape index (κ3) is 5.27. The van der Waals surface area contributed by atoms with Gasteiger partial charge in [-0.3, -0.25) is 4.79 Å². The highest BCUT2D eigenvalue weighted by Gasteiger charge is 2.16. The predicted octanol–water partition coefficient (Wildman–Crippen LogP) is 2.37. The van der Waals surface area contributed by atoms with E-state index < -0.39 is 0 Å². The summed E-state index contributed by atoms with van der Waals surface area (Å²) in [5.74, 6) is 1.35. The highest BCUT2D eigenvalue weighted by atomic mass is 16.1. The van der Waals surface area contributed by atoms with Gasteiger partial charge in [-0.2, -0.15) is 0 Å². The zero-order chi connectivity index (χ0) is 16.7. The number of nitrogens with zero attached hydrogens (tertiary/aromatic N) is 2. The summed E-state index contributed by atoms with van der Waals surface area (Å²) in [7, 11) is 0. The fourth-order valence-corrected chi connectivity index (χ4v) is 2.66. The quantitative estimate of drug-likeness (QED) is 0.647. The molecule has 1 fully saturated rings. The van der Waals surface area contributed by atoms with Gasteiger partial charge in [-0.25, -0.2) is 4.99 Å². The van der Waals surface area contributed by atoms with Gasteiger partial charge in [0, 0.05) is 25.2 Å². The normalized spacial score (nSPS) is 16.4. The maximum absolute atomic E-state index is 12.0. The Morgan fingerprint density at radius 3 is 2.83 bits per heavy atom. The number of rotatable bonds is 5. The molecule has 1 heterocycles. The first-order chi connectivity index (χ1) is 11.1. The lowest BCUT2D eigenvalue weighted by molar-refractivity contribution is 0.0953. The molecule has 0 aromatic heterocycles. The largest absolute Gasteiger partial charge is 0.370 e. The summed E-state index contributed by atoms with van der Waals surface area (Å²) in [6.07, 6.45) is 3.27. The highest BCUT2D eigenvalue weighted by molar-refractivity contribution is 5.94. The van der Waals surface area contributed by atoms with Crippen molar-refractivity contribution in [3.8, 4) is 0 Å². The van der Waals surface area contributed by atoms with Crippen LogP contribution in [0.2, 0.25) is 0 Å². The molecule has 23 heavy (non-hydrogen) atoms. The number of nitrogens with two attached hydrogens (primary N) is 1. The van der Waals surface area contributed by atoms with Crippen LogP contribution in [-0.2, 0) is 6.54 Å². The molecule has 1 aromatic rings. The van der Waals surface area contributed by atoms with Gasteiger partial charge in [0.05, 0.1) is 6.54 Å². The minimum Gasteiger partial charge on any atom is -0.370 e. The lowest BCUT2D eigenvalue weighted by Crippen LogP contribution is -2.42. The van der Waals surface area contributed by atoms with E-state index in [9.17, 15) is 4.79 Å². The number of piperidine rings is 1. The Balaban J connectivity index is 1.94. The number of carbonyl (C=O) groups excluding carboxylic acids is 1. The van der Waals surface area contributed by atoms with Crippen molar-refractivity contribution in [3.63, 3.8) is 0 Å². The maximum Gasteiger partial charge on any atom is 0.251 e.